The van der Waals surface area contributed by atoms with Crippen LogP contribution in [0, 0.1) is 5.41 Å². The average Bonchev–Trinajstić information content (AvgIpc) is 3.27. The van der Waals surface area contributed by atoms with Gasteiger partial charge in [0.1, 0.15) is 12.7 Å². The summed E-state index contributed by atoms with van der Waals surface area (Å²) in [6.45, 7) is 6.59. The summed E-state index contributed by atoms with van der Waals surface area (Å²) in [6.07, 6.45) is 5.17. The van der Waals surface area contributed by atoms with Crippen molar-refractivity contribution in [3.8, 4) is 0 Å². The van der Waals surface area contributed by atoms with Crippen LogP contribution in [0.3, 0.4) is 0 Å². The largest absolute Gasteiger partial charge is 0.455 e. The molecule has 0 amide bonds. The summed E-state index contributed by atoms with van der Waals surface area (Å²) < 4.78 is 20.3. The lowest BCUT2D eigenvalue weighted by molar-refractivity contribution is -0.242. The zero-order valence-electron chi connectivity index (χ0n) is 16.9. The van der Waals surface area contributed by atoms with Gasteiger partial charge in [-0.1, -0.05) is 48.8 Å². The molecule has 1 saturated heterocycles. The molecule has 1 aliphatic rings. The number of rotatable bonds is 7. The Balaban J connectivity index is 2.03. The predicted molar refractivity (Wildman–Crippen MR) is 113 cm³/mol. The first-order valence-electron chi connectivity index (χ1n) is 9.70. The van der Waals surface area contributed by atoms with Gasteiger partial charge in [-0.2, -0.15) is 5.10 Å². The van der Waals surface area contributed by atoms with Crippen LogP contribution in [0.2, 0.25) is 0 Å². The number of benzene rings is 1. The maximum atomic E-state index is 12.3. The van der Waals surface area contributed by atoms with Crippen molar-refractivity contribution < 1.29 is 19.0 Å². The van der Waals surface area contributed by atoms with Crippen LogP contribution < -0.4 is 0 Å². The second-order valence-electron chi connectivity index (χ2n) is 7.30. The van der Waals surface area contributed by atoms with Crippen LogP contribution in [0.15, 0.2) is 41.4 Å². The van der Waals surface area contributed by atoms with Crippen LogP contribution in [-0.4, -0.2) is 46.3 Å². The van der Waals surface area contributed by atoms with Gasteiger partial charge in [0.2, 0.25) is 0 Å². The Morgan fingerprint density at radius 2 is 2.03 bits per heavy atom. The van der Waals surface area contributed by atoms with Crippen LogP contribution in [0.5, 0.6) is 0 Å². The minimum atomic E-state index is -0.627. The summed E-state index contributed by atoms with van der Waals surface area (Å²) >= 11 is 3.45. The van der Waals surface area contributed by atoms with Crippen LogP contribution in [-0.2, 0) is 19.0 Å². The van der Waals surface area contributed by atoms with Crippen molar-refractivity contribution in [3.05, 3.63) is 47.0 Å². The SMILES string of the molecule is CCC(=O)OC(C(=Cc1ccc(Br)cc1)n1cncn1)C1(C)COC(CC)OC1. The molecule has 0 spiro atoms. The fraction of sp³-hybridized carbons (Fsp3) is 0.476. The van der Waals surface area contributed by atoms with E-state index in [1.54, 1.807) is 17.9 Å². The summed E-state index contributed by atoms with van der Waals surface area (Å²) in [5, 5.41) is 4.30. The monoisotopic (exact) mass is 463 g/mol. The molecule has 1 fully saturated rings. The Hall–Kier alpha value is -2.03. The molecule has 1 aromatic heterocycles. The molecular formula is C21H26BrN3O4. The van der Waals surface area contributed by atoms with Gasteiger partial charge in [-0.15, -0.1) is 0 Å². The fourth-order valence-corrected chi connectivity index (χ4v) is 3.42. The van der Waals surface area contributed by atoms with Gasteiger partial charge in [0, 0.05) is 10.9 Å². The molecule has 2 heterocycles. The third kappa shape index (κ3) is 5.32. The van der Waals surface area contributed by atoms with E-state index in [0.717, 1.165) is 16.5 Å². The molecule has 1 atom stereocenters. The lowest BCUT2D eigenvalue weighted by Gasteiger charge is -2.42. The highest BCUT2D eigenvalue weighted by Gasteiger charge is 2.44. The molecule has 1 unspecified atom stereocenters. The van der Waals surface area contributed by atoms with E-state index in [0.29, 0.717) is 18.9 Å². The standard InChI is InChI=1S/C21H26BrN3O4/c1-4-18(26)29-20(21(3)11-27-19(5-2)28-12-21)17(25-14-23-13-24-25)10-15-6-8-16(22)9-7-15/h6-10,13-14,19-20H,4-5,11-12H2,1-3H3. The highest BCUT2D eigenvalue weighted by atomic mass is 79.9. The van der Waals surface area contributed by atoms with Crippen molar-refractivity contribution in [3.63, 3.8) is 0 Å². The van der Waals surface area contributed by atoms with Gasteiger partial charge in [-0.25, -0.2) is 9.67 Å². The zero-order chi connectivity index (χ0) is 20.9. The van der Waals surface area contributed by atoms with E-state index in [-0.39, 0.29) is 18.7 Å². The molecule has 156 valence electrons. The lowest BCUT2D eigenvalue weighted by Crippen LogP contribution is -2.50. The third-order valence-corrected chi connectivity index (χ3v) is 5.37. The van der Waals surface area contributed by atoms with Crippen LogP contribution >= 0.6 is 15.9 Å². The number of carbonyl (C=O) groups excluding carboxylic acids is 1. The summed E-state index contributed by atoms with van der Waals surface area (Å²) in [5.74, 6) is -0.296. The Morgan fingerprint density at radius 3 is 2.59 bits per heavy atom. The quantitative estimate of drug-likeness (QED) is 0.574. The van der Waals surface area contributed by atoms with Crippen molar-refractivity contribution >= 4 is 33.7 Å². The van der Waals surface area contributed by atoms with E-state index in [9.17, 15) is 4.79 Å². The Labute approximate surface area is 179 Å². The molecule has 0 bridgehead atoms. The van der Waals surface area contributed by atoms with E-state index in [1.807, 2.05) is 44.2 Å². The average molecular weight is 464 g/mol. The second kappa shape index (κ2) is 9.65. The number of hydrogen-bond donors (Lipinski definition) is 0. The van der Waals surface area contributed by atoms with E-state index in [2.05, 4.69) is 26.0 Å². The van der Waals surface area contributed by atoms with E-state index in [1.165, 1.54) is 6.33 Å². The third-order valence-electron chi connectivity index (χ3n) is 4.84. The van der Waals surface area contributed by atoms with Crippen molar-refractivity contribution in [2.75, 3.05) is 13.2 Å². The second-order valence-corrected chi connectivity index (χ2v) is 8.21. The topological polar surface area (TPSA) is 75.5 Å². The van der Waals surface area contributed by atoms with Gasteiger partial charge in [-0.3, -0.25) is 4.79 Å². The molecule has 3 rings (SSSR count). The predicted octanol–water partition coefficient (Wildman–Crippen LogP) is 4.15. The Kier molecular flexibility index (Phi) is 7.21. The first kappa shape index (κ1) is 21.7. The first-order chi connectivity index (χ1) is 13.9. The maximum absolute atomic E-state index is 12.3. The summed E-state index contributed by atoms with van der Waals surface area (Å²) in [5.41, 5.74) is 1.06. The van der Waals surface area contributed by atoms with Crippen molar-refractivity contribution in [1.82, 2.24) is 14.8 Å². The molecule has 8 heteroatoms. The minimum Gasteiger partial charge on any atom is -0.455 e. The molecule has 1 aliphatic heterocycles. The van der Waals surface area contributed by atoms with Gasteiger partial charge in [-0.05, 0) is 30.2 Å². The van der Waals surface area contributed by atoms with E-state index >= 15 is 0 Å². The van der Waals surface area contributed by atoms with Gasteiger partial charge < -0.3 is 14.2 Å². The van der Waals surface area contributed by atoms with Gasteiger partial charge >= 0.3 is 5.97 Å². The summed E-state index contributed by atoms with van der Waals surface area (Å²) in [7, 11) is 0. The van der Waals surface area contributed by atoms with Crippen LogP contribution in [0.4, 0.5) is 0 Å². The van der Waals surface area contributed by atoms with E-state index in [4.69, 9.17) is 14.2 Å². The number of nitrogens with zero attached hydrogens (tertiary/aromatic N) is 3. The Bertz CT molecular complexity index is 828. The number of ether oxygens (including phenoxy) is 3. The van der Waals surface area contributed by atoms with Crippen LogP contribution in [0.1, 0.15) is 39.2 Å². The number of aromatic nitrogens is 3. The summed E-state index contributed by atoms with van der Waals surface area (Å²) in [6, 6.07) is 7.86. The highest BCUT2D eigenvalue weighted by molar-refractivity contribution is 9.10. The van der Waals surface area contributed by atoms with Crippen LogP contribution in [0.25, 0.3) is 11.8 Å². The molecule has 1 aromatic carbocycles. The van der Waals surface area contributed by atoms with Crippen molar-refractivity contribution in [2.45, 2.75) is 46.0 Å². The molecule has 0 radical (unpaired) electrons. The number of carbonyl (C=O) groups is 1. The molecule has 29 heavy (non-hydrogen) atoms. The maximum Gasteiger partial charge on any atom is 0.306 e. The number of esters is 1. The van der Waals surface area contributed by atoms with E-state index < -0.39 is 11.5 Å². The van der Waals surface area contributed by atoms with Gasteiger partial charge in [0.25, 0.3) is 0 Å². The molecule has 0 saturated carbocycles. The molecule has 0 aliphatic carbocycles. The molecule has 2 aromatic rings. The Morgan fingerprint density at radius 1 is 1.34 bits per heavy atom. The lowest BCUT2D eigenvalue weighted by atomic mass is 9.82. The minimum absolute atomic E-state index is 0.240. The molecule has 0 N–H and O–H groups in total. The zero-order valence-corrected chi connectivity index (χ0v) is 18.5. The summed E-state index contributed by atoms with van der Waals surface area (Å²) in [4.78, 5) is 16.4. The highest BCUT2D eigenvalue weighted by Crippen LogP contribution is 2.37. The first-order valence-corrected chi connectivity index (χ1v) is 10.5. The molecular weight excluding hydrogens is 438 g/mol. The normalized spacial score (nSPS) is 23.6. The van der Waals surface area contributed by atoms with Gasteiger partial charge in [0.15, 0.2) is 12.4 Å². The number of halogens is 1. The fourth-order valence-electron chi connectivity index (χ4n) is 3.15. The van der Waals surface area contributed by atoms with Gasteiger partial charge in [0.05, 0.1) is 24.3 Å². The molecule has 7 nitrogen and oxygen atoms in total. The number of hydrogen-bond acceptors (Lipinski definition) is 6. The van der Waals surface area contributed by atoms with Crippen molar-refractivity contribution in [2.24, 2.45) is 5.41 Å². The van der Waals surface area contributed by atoms with Crippen molar-refractivity contribution in [1.29, 1.82) is 0 Å². The smallest absolute Gasteiger partial charge is 0.306 e.